The van der Waals surface area contributed by atoms with Crippen LogP contribution in [0.1, 0.15) is 16.7 Å². The molecule has 0 atom stereocenters. The van der Waals surface area contributed by atoms with Crippen LogP contribution in [0, 0.1) is 20.8 Å². The van der Waals surface area contributed by atoms with Crippen LogP contribution in [0.3, 0.4) is 0 Å². The van der Waals surface area contributed by atoms with E-state index in [1.807, 2.05) is 12.4 Å². The number of hydrogen-bond donors (Lipinski definition) is 0. The van der Waals surface area contributed by atoms with Crippen LogP contribution in [0.2, 0.25) is 0 Å². The molecule has 0 aliphatic heterocycles. The van der Waals surface area contributed by atoms with Gasteiger partial charge in [-0.1, -0.05) is 121 Å². The van der Waals surface area contributed by atoms with E-state index in [1.165, 1.54) is 93.5 Å². The van der Waals surface area contributed by atoms with Gasteiger partial charge in [0, 0.05) is 12.4 Å². The van der Waals surface area contributed by atoms with E-state index in [0.29, 0.717) is 0 Å². The summed E-state index contributed by atoms with van der Waals surface area (Å²) in [6.07, 6.45) is 3.82. The van der Waals surface area contributed by atoms with Gasteiger partial charge < -0.3 is 0 Å². The van der Waals surface area contributed by atoms with E-state index in [9.17, 15) is 0 Å². The summed E-state index contributed by atoms with van der Waals surface area (Å²) in [6.45, 7) is 6.57. The molecule has 1 heterocycles. The van der Waals surface area contributed by atoms with E-state index in [-0.39, 0.29) is 0 Å². The van der Waals surface area contributed by atoms with E-state index < -0.39 is 0 Å². The van der Waals surface area contributed by atoms with Gasteiger partial charge in [0.2, 0.25) is 0 Å². The van der Waals surface area contributed by atoms with Gasteiger partial charge >= 0.3 is 0 Å². The molecular formula is C44H33N. The summed E-state index contributed by atoms with van der Waals surface area (Å²) in [5.41, 5.74) is 13.9. The van der Waals surface area contributed by atoms with Crippen molar-refractivity contribution in [1.29, 1.82) is 0 Å². The number of benzene rings is 7. The maximum Gasteiger partial charge on any atom is 0.0303 e. The Morgan fingerprint density at radius 1 is 0.356 bits per heavy atom. The monoisotopic (exact) mass is 575 g/mol. The van der Waals surface area contributed by atoms with E-state index in [0.717, 1.165) is 0 Å². The number of nitrogens with zero attached hydrogens (tertiary/aromatic N) is 1. The zero-order valence-corrected chi connectivity index (χ0v) is 25.8. The predicted octanol–water partition coefficient (Wildman–Crippen LogP) is 12.1. The molecule has 0 N–H and O–H groups in total. The second-order valence-corrected chi connectivity index (χ2v) is 12.1. The Morgan fingerprint density at radius 2 is 0.844 bits per heavy atom. The molecule has 214 valence electrons. The summed E-state index contributed by atoms with van der Waals surface area (Å²) >= 11 is 0. The van der Waals surface area contributed by atoms with Crippen molar-refractivity contribution < 1.29 is 0 Å². The van der Waals surface area contributed by atoms with Gasteiger partial charge in [0.05, 0.1) is 0 Å². The molecule has 0 spiro atoms. The molecule has 0 aliphatic carbocycles. The molecule has 1 nitrogen and oxygen atoms in total. The second-order valence-electron chi connectivity index (χ2n) is 12.1. The van der Waals surface area contributed by atoms with Gasteiger partial charge in [0.15, 0.2) is 0 Å². The van der Waals surface area contributed by atoms with Crippen molar-refractivity contribution in [1.82, 2.24) is 4.98 Å². The molecule has 45 heavy (non-hydrogen) atoms. The highest BCUT2D eigenvalue weighted by molar-refractivity contribution is 6.24. The lowest BCUT2D eigenvalue weighted by Gasteiger charge is -2.20. The van der Waals surface area contributed by atoms with E-state index in [2.05, 4.69) is 159 Å². The molecule has 0 saturated carbocycles. The van der Waals surface area contributed by atoms with Crippen LogP contribution in [-0.2, 0) is 0 Å². The first-order valence-electron chi connectivity index (χ1n) is 15.6. The van der Waals surface area contributed by atoms with Crippen molar-refractivity contribution in [2.24, 2.45) is 0 Å². The van der Waals surface area contributed by atoms with Gasteiger partial charge in [0.1, 0.15) is 0 Å². The molecule has 8 rings (SSSR count). The highest BCUT2D eigenvalue weighted by Crippen LogP contribution is 2.47. The molecule has 7 aromatic carbocycles. The second kappa shape index (κ2) is 10.9. The third kappa shape index (κ3) is 4.43. The minimum Gasteiger partial charge on any atom is -0.264 e. The lowest BCUT2D eigenvalue weighted by Crippen LogP contribution is -1.94. The Labute approximate surface area is 264 Å². The van der Waals surface area contributed by atoms with Gasteiger partial charge in [-0.2, -0.15) is 0 Å². The van der Waals surface area contributed by atoms with Crippen LogP contribution in [-0.4, -0.2) is 4.98 Å². The van der Waals surface area contributed by atoms with Crippen LogP contribution < -0.4 is 0 Å². The maximum absolute atomic E-state index is 4.32. The van der Waals surface area contributed by atoms with Crippen LogP contribution >= 0.6 is 0 Å². The van der Waals surface area contributed by atoms with E-state index in [4.69, 9.17) is 0 Å². The van der Waals surface area contributed by atoms with Gasteiger partial charge in [-0.15, -0.1) is 0 Å². The molecule has 0 saturated heterocycles. The first kappa shape index (κ1) is 27.0. The van der Waals surface area contributed by atoms with Crippen LogP contribution in [0.4, 0.5) is 0 Å². The summed E-state index contributed by atoms with van der Waals surface area (Å²) in [7, 11) is 0. The normalized spacial score (nSPS) is 11.4. The largest absolute Gasteiger partial charge is 0.264 e. The first-order chi connectivity index (χ1) is 22.1. The summed E-state index contributed by atoms with van der Waals surface area (Å²) in [5.74, 6) is 0. The van der Waals surface area contributed by atoms with Crippen molar-refractivity contribution in [3.8, 4) is 44.5 Å². The molecule has 0 bridgehead atoms. The van der Waals surface area contributed by atoms with Crippen molar-refractivity contribution in [2.75, 3.05) is 0 Å². The summed E-state index contributed by atoms with van der Waals surface area (Å²) in [5, 5.41) is 7.61. The third-order valence-corrected chi connectivity index (χ3v) is 9.36. The number of fused-ring (bicyclic) bond motifs is 3. The molecule has 1 heteroatoms. The fourth-order valence-electron chi connectivity index (χ4n) is 7.34. The molecule has 0 aliphatic rings. The Bertz CT molecular complexity index is 2340. The quantitative estimate of drug-likeness (QED) is 0.190. The van der Waals surface area contributed by atoms with Crippen LogP contribution in [0.25, 0.3) is 76.8 Å². The fourth-order valence-corrected chi connectivity index (χ4v) is 7.34. The van der Waals surface area contributed by atoms with Crippen molar-refractivity contribution in [3.63, 3.8) is 0 Å². The van der Waals surface area contributed by atoms with Crippen molar-refractivity contribution in [3.05, 3.63) is 163 Å². The summed E-state index contributed by atoms with van der Waals surface area (Å²) in [6, 6.07) is 49.1. The van der Waals surface area contributed by atoms with Gasteiger partial charge in [0.25, 0.3) is 0 Å². The summed E-state index contributed by atoms with van der Waals surface area (Å²) in [4.78, 5) is 4.32. The Hall–Kier alpha value is -5.53. The van der Waals surface area contributed by atoms with Crippen LogP contribution in [0.5, 0.6) is 0 Å². The molecule has 0 fully saturated rings. The topological polar surface area (TPSA) is 12.9 Å². The number of pyridine rings is 1. The highest BCUT2D eigenvalue weighted by Gasteiger charge is 2.20. The Morgan fingerprint density at radius 3 is 1.42 bits per heavy atom. The number of rotatable bonds is 4. The zero-order valence-electron chi connectivity index (χ0n) is 25.8. The van der Waals surface area contributed by atoms with Gasteiger partial charge in [-0.3, -0.25) is 4.98 Å². The van der Waals surface area contributed by atoms with Crippen LogP contribution in [0.15, 0.2) is 146 Å². The third-order valence-electron chi connectivity index (χ3n) is 9.36. The van der Waals surface area contributed by atoms with Crippen molar-refractivity contribution in [2.45, 2.75) is 20.8 Å². The molecule has 0 amide bonds. The lowest BCUT2D eigenvalue weighted by molar-refractivity contribution is 1.27. The number of aryl methyl sites for hydroxylation is 3. The summed E-state index contributed by atoms with van der Waals surface area (Å²) < 4.78 is 0. The van der Waals surface area contributed by atoms with Gasteiger partial charge in [-0.05, 0) is 126 Å². The van der Waals surface area contributed by atoms with E-state index in [1.54, 1.807) is 0 Å². The number of hydrogen-bond acceptors (Lipinski definition) is 1. The Balaban J connectivity index is 1.44. The minimum absolute atomic E-state index is 1.18. The highest BCUT2D eigenvalue weighted by atomic mass is 14.6. The molecule has 0 unspecified atom stereocenters. The molecule has 8 aromatic rings. The molecule has 0 radical (unpaired) electrons. The smallest absolute Gasteiger partial charge is 0.0303 e. The molecule has 1 aromatic heterocycles. The maximum atomic E-state index is 4.32. The van der Waals surface area contributed by atoms with Gasteiger partial charge in [-0.25, -0.2) is 0 Å². The van der Waals surface area contributed by atoms with E-state index >= 15 is 0 Å². The minimum atomic E-state index is 1.18. The first-order valence-corrected chi connectivity index (χ1v) is 15.6. The van der Waals surface area contributed by atoms with Crippen molar-refractivity contribution >= 4 is 32.3 Å². The number of aromatic nitrogens is 1. The lowest BCUT2D eigenvalue weighted by atomic mass is 9.83. The average molecular weight is 576 g/mol. The predicted molar refractivity (Wildman–Crippen MR) is 193 cm³/mol. The SMILES string of the molecule is Cc1cnccc1-c1cccc(-c2c3ccccc3c(-c3ccc(-c4c(C)cccc4C)c4ccccc34)c3ccccc23)c1. The zero-order chi connectivity index (χ0) is 30.5. The fraction of sp³-hybridized carbons (Fsp3) is 0.0682. The standard InChI is InChI=1S/C44H33N/c1-28-12-10-13-29(2)42(28)40-22-23-41(35-17-5-4-16-34(35)40)44-38-20-8-6-18-36(38)43(37-19-7-9-21-39(37)44)32-15-11-14-31(26-32)33-24-25-45-27-30(33)3/h4-27H,1-3H3. The molecular weight excluding hydrogens is 542 g/mol. The average Bonchev–Trinajstić information content (AvgIpc) is 3.07. The Kier molecular flexibility index (Phi) is 6.54.